The fourth-order valence-corrected chi connectivity index (χ4v) is 3.78. The first-order valence-electron chi connectivity index (χ1n) is 9.30. The molecule has 0 saturated carbocycles. The van der Waals surface area contributed by atoms with Gasteiger partial charge in [-0.25, -0.2) is 4.68 Å². The van der Waals surface area contributed by atoms with Crippen molar-refractivity contribution >= 4 is 17.5 Å². The number of hydrogen-bond acceptors (Lipinski definition) is 2. The van der Waals surface area contributed by atoms with Gasteiger partial charge in [0.05, 0.1) is 16.4 Å². The maximum atomic E-state index is 13.3. The van der Waals surface area contributed by atoms with Crippen molar-refractivity contribution in [1.29, 1.82) is 0 Å². The second kappa shape index (κ2) is 7.24. The normalized spacial score (nSPS) is 15.3. The smallest absolute Gasteiger partial charge is 0.272 e. The molecule has 1 aliphatic heterocycles. The number of piperidine rings is 1. The number of hydrogen-bond donors (Lipinski definition) is 0. The summed E-state index contributed by atoms with van der Waals surface area (Å²) >= 11 is 6.41. The molecule has 1 aliphatic rings. The van der Waals surface area contributed by atoms with Crippen LogP contribution < -0.4 is 0 Å². The number of rotatable bonds is 3. The first-order valence-corrected chi connectivity index (χ1v) is 9.68. The molecule has 1 fully saturated rings. The molecular weight excluding hydrogens is 360 g/mol. The maximum absolute atomic E-state index is 13.3. The summed E-state index contributed by atoms with van der Waals surface area (Å²) in [6, 6.07) is 13.3. The Kier molecular flexibility index (Phi) is 4.79. The molecule has 3 heterocycles. The van der Waals surface area contributed by atoms with E-state index in [1.54, 1.807) is 4.68 Å². The van der Waals surface area contributed by atoms with Gasteiger partial charge in [0, 0.05) is 26.3 Å². The van der Waals surface area contributed by atoms with Crippen molar-refractivity contribution in [3.63, 3.8) is 0 Å². The Balaban J connectivity index is 1.79. The second-order valence-electron chi connectivity index (χ2n) is 7.26. The fraction of sp³-hybridized carbons (Fsp3) is 0.333. The Bertz CT molecular complexity index is 966. The molecule has 0 unspecified atom stereocenters. The second-order valence-corrected chi connectivity index (χ2v) is 7.66. The zero-order valence-corrected chi connectivity index (χ0v) is 16.4. The monoisotopic (exact) mass is 382 g/mol. The standard InChI is InChI=1S/C21H23ClN4O/c1-15-9-12-25(13-10-15)21(27)20-14-17(19-8-5-11-24(19)2)23-26(20)18-7-4-3-6-16(18)22/h3-8,11,14-15H,9-10,12-13H2,1-2H3. The van der Waals surface area contributed by atoms with Crippen LogP contribution in [-0.2, 0) is 7.05 Å². The van der Waals surface area contributed by atoms with Crippen molar-refractivity contribution in [2.24, 2.45) is 13.0 Å². The van der Waals surface area contributed by atoms with Gasteiger partial charge in [0.2, 0.25) is 0 Å². The van der Waals surface area contributed by atoms with E-state index in [0.29, 0.717) is 22.3 Å². The van der Waals surface area contributed by atoms with Crippen molar-refractivity contribution < 1.29 is 4.79 Å². The van der Waals surface area contributed by atoms with Crippen molar-refractivity contribution in [3.8, 4) is 17.1 Å². The van der Waals surface area contributed by atoms with Crippen LogP contribution in [0.5, 0.6) is 0 Å². The van der Waals surface area contributed by atoms with Gasteiger partial charge in [-0.3, -0.25) is 4.79 Å². The number of benzene rings is 1. The lowest BCUT2D eigenvalue weighted by Crippen LogP contribution is -2.38. The van der Waals surface area contributed by atoms with Crippen LogP contribution in [0.4, 0.5) is 0 Å². The maximum Gasteiger partial charge on any atom is 0.272 e. The molecule has 1 amide bonds. The molecule has 1 aromatic carbocycles. The van der Waals surface area contributed by atoms with Gasteiger partial charge in [0.1, 0.15) is 11.4 Å². The van der Waals surface area contributed by atoms with Gasteiger partial charge >= 0.3 is 0 Å². The van der Waals surface area contributed by atoms with Crippen molar-refractivity contribution in [3.05, 3.63) is 59.4 Å². The van der Waals surface area contributed by atoms with Crippen LogP contribution in [0, 0.1) is 5.92 Å². The lowest BCUT2D eigenvalue weighted by atomic mass is 9.99. The summed E-state index contributed by atoms with van der Waals surface area (Å²) in [6.07, 6.45) is 4.05. The molecule has 0 N–H and O–H groups in total. The Morgan fingerprint density at radius 2 is 1.89 bits per heavy atom. The van der Waals surface area contributed by atoms with Crippen LogP contribution >= 0.6 is 11.6 Å². The van der Waals surface area contributed by atoms with Crippen LogP contribution in [0.3, 0.4) is 0 Å². The van der Waals surface area contributed by atoms with E-state index >= 15 is 0 Å². The number of carbonyl (C=O) groups excluding carboxylic acids is 1. The van der Waals surface area contributed by atoms with E-state index in [0.717, 1.165) is 37.3 Å². The minimum absolute atomic E-state index is 0.00905. The predicted octanol–water partition coefficient (Wildman–Crippen LogP) is 4.40. The highest BCUT2D eigenvalue weighted by Crippen LogP contribution is 2.27. The summed E-state index contributed by atoms with van der Waals surface area (Å²) < 4.78 is 3.68. The molecule has 1 saturated heterocycles. The summed E-state index contributed by atoms with van der Waals surface area (Å²) in [5, 5.41) is 5.31. The van der Waals surface area contributed by atoms with E-state index in [2.05, 4.69) is 6.92 Å². The minimum Gasteiger partial charge on any atom is -0.349 e. The zero-order chi connectivity index (χ0) is 19.0. The number of para-hydroxylation sites is 1. The highest BCUT2D eigenvalue weighted by molar-refractivity contribution is 6.32. The summed E-state index contributed by atoms with van der Waals surface area (Å²) in [4.78, 5) is 15.2. The van der Waals surface area contributed by atoms with Gasteiger partial charge in [-0.15, -0.1) is 0 Å². The average molecular weight is 383 g/mol. The van der Waals surface area contributed by atoms with Gasteiger partial charge in [0.25, 0.3) is 5.91 Å². The van der Waals surface area contributed by atoms with E-state index in [4.69, 9.17) is 16.7 Å². The topological polar surface area (TPSA) is 43.1 Å². The van der Waals surface area contributed by atoms with Crippen LogP contribution in [0.15, 0.2) is 48.7 Å². The molecule has 0 aliphatic carbocycles. The van der Waals surface area contributed by atoms with E-state index in [1.165, 1.54) is 0 Å². The molecule has 0 bridgehead atoms. The third-order valence-electron chi connectivity index (χ3n) is 5.29. The third-order valence-corrected chi connectivity index (χ3v) is 5.61. The first kappa shape index (κ1) is 17.9. The van der Waals surface area contributed by atoms with Crippen LogP contribution in [0.25, 0.3) is 17.1 Å². The molecule has 4 rings (SSSR count). The summed E-state index contributed by atoms with van der Waals surface area (Å²) in [5.74, 6) is 0.677. The van der Waals surface area contributed by atoms with Gasteiger partial charge in [-0.05, 0) is 49.1 Å². The van der Waals surface area contributed by atoms with E-state index in [-0.39, 0.29) is 5.91 Å². The molecule has 0 spiro atoms. The zero-order valence-electron chi connectivity index (χ0n) is 15.6. The quantitative estimate of drug-likeness (QED) is 0.673. The largest absolute Gasteiger partial charge is 0.349 e. The van der Waals surface area contributed by atoms with Crippen LogP contribution in [-0.4, -0.2) is 38.2 Å². The number of carbonyl (C=O) groups is 1. The van der Waals surface area contributed by atoms with Gasteiger partial charge < -0.3 is 9.47 Å². The number of amides is 1. The number of likely N-dealkylation sites (tertiary alicyclic amines) is 1. The van der Waals surface area contributed by atoms with Gasteiger partial charge in [-0.2, -0.15) is 5.10 Å². The number of aryl methyl sites for hydroxylation is 1. The molecular formula is C21H23ClN4O. The number of halogens is 1. The molecule has 3 aromatic rings. The Morgan fingerprint density at radius 3 is 2.56 bits per heavy atom. The van der Waals surface area contributed by atoms with Gasteiger partial charge in [0.15, 0.2) is 0 Å². The van der Waals surface area contributed by atoms with E-state index < -0.39 is 0 Å². The highest BCUT2D eigenvalue weighted by atomic mass is 35.5. The lowest BCUT2D eigenvalue weighted by Gasteiger charge is -2.30. The molecule has 0 atom stereocenters. The van der Waals surface area contributed by atoms with E-state index in [9.17, 15) is 4.79 Å². The third kappa shape index (κ3) is 3.39. The number of aromatic nitrogens is 3. The number of nitrogens with zero attached hydrogens (tertiary/aromatic N) is 4. The predicted molar refractivity (Wildman–Crippen MR) is 107 cm³/mol. The summed E-state index contributed by atoms with van der Waals surface area (Å²) in [6.45, 7) is 3.81. The molecule has 5 nitrogen and oxygen atoms in total. The first-order chi connectivity index (χ1) is 13.0. The lowest BCUT2D eigenvalue weighted by molar-refractivity contribution is 0.0688. The molecule has 140 valence electrons. The fourth-order valence-electron chi connectivity index (χ4n) is 3.57. The molecule has 27 heavy (non-hydrogen) atoms. The summed E-state index contributed by atoms with van der Waals surface area (Å²) in [7, 11) is 1.97. The van der Waals surface area contributed by atoms with Crippen molar-refractivity contribution in [2.75, 3.05) is 13.1 Å². The van der Waals surface area contributed by atoms with Crippen molar-refractivity contribution in [2.45, 2.75) is 19.8 Å². The van der Waals surface area contributed by atoms with Crippen molar-refractivity contribution in [1.82, 2.24) is 19.2 Å². The van der Waals surface area contributed by atoms with Crippen LogP contribution in [0.2, 0.25) is 5.02 Å². The molecule has 6 heteroatoms. The Hall–Kier alpha value is -2.53. The average Bonchev–Trinajstić information content (AvgIpc) is 3.28. The molecule has 2 aromatic heterocycles. The summed E-state index contributed by atoms with van der Waals surface area (Å²) in [5.41, 5.74) is 2.99. The van der Waals surface area contributed by atoms with Gasteiger partial charge in [-0.1, -0.05) is 30.7 Å². The Labute approximate surface area is 164 Å². The van der Waals surface area contributed by atoms with E-state index in [1.807, 2.05) is 65.2 Å². The molecule has 0 radical (unpaired) electrons. The van der Waals surface area contributed by atoms with Crippen LogP contribution in [0.1, 0.15) is 30.3 Å². The Morgan fingerprint density at radius 1 is 1.15 bits per heavy atom. The highest BCUT2D eigenvalue weighted by Gasteiger charge is 2.26. The minimum atomic E-state index is 0.00905. The SMILES string of the molecule is CC1CCN(C(=O)c2cc(-c3cccn3C)nn2-c2ccccc2Cl)CC1.